The van der Waals surface area contributed by atoms with E-state index in [1.165, 1.54) is 0 Å². The Labute approximate surface area is 135 Å². The third-order valence-electron chi connectivity index (χ3n) is 2.49. The first kappa shape index (κ1) is 14.5. The summed E-state index contributed by atoms with van der Waals surface area (Å²) >= 11 is 11.6. The molecule has 0 spiro atoms. The van der Waals surface area contributed by atoms with E-state index in [1.54, 1.807) is 48.5 Å². The van der Waals surface area contributed by atoms with Crippen molar-refractivity contribution in [3.8, 4) is 23.5 Å². The number of aromatic nitrogens is 4. The van der Waals surface area contributed by atoms with Crippen LogP contribution in [0, 0.1) is 0 Å². The van der Waals surface area contributed by atoms with E-state index in [1.807, 2.05) is 0 Å². The summed E-state index contributed by atoms with van der Waals surface area (Å²) in [7, 11) is 0. The zero-order valence-electron chi connectivity index (χ0n) is 11.0. The van der Waals surface area contributed by atoms with Crippen molar-refractivity contribution in [1.82, 2.24) is 20.4 Å². The highest BCUT2D eigenvalue weighted by Gasteiger charge is 2.06. The molecule has 2 aromatic carbocycles. The Hall–Kier alpha value is -2.44. The summed E-state index contributed by atoms with van der Waals surface area (Å²) in [5.41, 5.74) is 0. The highest BCUT2D eigenvalue weighted by molar-refractivity contribution is 6.30. The van der Waals surface area contributed by atoms with Crippen LogP contribution < -0.4 is 9.47 Å². The molecule has 0 unspecified atom stereocenters. The van der Waals surface area contributed by atoms with Crippen LogP contribution in [0.1, 0.15) is 0 Å². The molecule has 1 aromatic heterocycles. The van der Waals surface area contributed by atoms with Gasteiger partial charge in [0.2, 0.25) is 0 Å². The van der Waals surface area contributed by atoms with Crippen LogP contribution in [0.15, 0.2) is 48.5 Å². The summed E-state index contributed by atoms with van der Waals surface area (Å²) in [5.74, 6) is 1.05. The zero-order valence-corrected chi connectivity index (χ0v) is 12.5. The van der Waals surface area contributed by atoms with Gasteiger partial charge in [-0.3, -0.25) is 0 Å². The minimum atomic E-state index is 0.00535. The highest BCUT2D eigenvalue weighted by atomic mass is 35.5. The average molecular weight is 335 g/mol. The molecule has 6 nitrogen and oxygen atoms in total. The maximum absolute atomic E-state index is 5.79. The van der Waals surface area contributed by atoms with E-state index < -0.39 is 0 Å². The zero-order chi connectivity index (χ0) is 15.4. The van der Waals surface area contributed by atoms with Crippen LogP contribution in [0.25, 0.3) is 0 Å². The van der Waals surface area contributed by atoms with E-state index in [-0.39, 0.29) is 12.0 Å². The quantitative estimate of drug-likeness (QED) is 0.713. The Bertz CT molecular complexity index is 683. The molecular formula is C14H8Cl2N4O2. The van der Waals surface area contributed by atoms with E-state index in [0.29, 0.717) is 21.5 Å². The lowest BCUT2D eigenvalue weighted by Gasteiger charge is -2.04. The number of hydrogen-bond acceptors (Lipinski definition) is 6. The Kier molecular flexibility index (Phi) is 4.32. The molecule has 0 radical (unpaired) electrons. The highest BCUT2D eigenvalue weighted by Crippen LogP contribution is 2.21. The van der Waals surface area contributed by atoms with E-state index in [9.17, 15) is 0 Å². The number of halogens is 2. The van der Waals surface area contributed by atoms with Crippen LogP contribution in [-0.2, 0) is 0 Å². The normalized spacial score (nSPS) is 10.3. The standard InChI is InChI=1S/C14H8Cl2N4O2/c15-9-1-5-11(6-2-9)21-13-17-19-14(20-18-13)22-12-7-3-10(16)4-8-12/h1-8H. The molecule has 8 heteroatoms. The van der Waals surface area contributed by atoms with E-state index in [4.69, 9.17) is 32.7 Å². The third kappa shape index (κ3) is 3.81. The summed E-state index contributed by atoms with van der Waals surface area (Å²) in [6, 6.07) is 13.5. The van der Waals surface area contributed by atoms with E-state index >= 15 is 0 Å². The largest absolute Gasteiger partial charge is 0.422 e. The second-order valence-corrected chi connectivity index (χ2v) is 4.95. The maximum Gasteiger partial charge on any atom is 0.360 e. The summed E-state index contributed by atoms with van der Waals surface area (Å²) in [6.45, 7) is 0. The minimum absolute atomic E-state index is 0.00535. The van der Waals surface area contributed by atoms with Crippen molar-refractivity contribution in [2.45, 2.75) is 0 Å². The number of nitrogens with zero attached hydrogens (tertiary/aromatic N) is 4. The first-order valence-electron chi connectivity index (χ1n) is 6.13. The molecule has 0 N–H and O–H groups in total. The topological polar surface area (TPSA) is 70.0 Å². The van der Waals surface area contributed by atoms with Crippen molar-refractivity contribution >= 4 is 23.2 Å². The van der Waals surface area contributed by atoms with Gasteiger partial charge in [-0.25, -0.2) is 0 Å². The molecule has 0 saturated heterocycles. The minimum Gasteiger partial charge on any atom is -0.422 e. The fraction of sp³-hybridized carbons (Fsp3) is 0. The van der Waals surface area contributed by atoms with Crippen LogP contribution in [0.4, 0.5) is 0 Å². The van der Waals surface area contributed by atoms with Crippen LogP contribution in [-0.4, -0.2) is 20.4 Å². The molecule has 22 heavy (non-hydrogen) atoms. The van der Waals surface area contributed by atoms with Crippen molar-refractivity contribution in [3.63, 3.8) is 0 Å². The van der Waals surface area contributed by atoms with E-state index in [2.05, 4.69) is 20.4 Å². The smallest absolute Gasteiger partial charge is 0.360 e. The van der Waals surface area contributed by atoms with Crippen molar-refractivity contribution < 1.29 is 9.47 Å². The maximum atomic E-state index is 5.79. The van der Waals surface area contributed by atoms with Crippen LogP contribution in [0.5, 0.6) is 23.5 Å². The molecule has 0 aliphatic carbocycles. The monoisotopic (exact) mass is 334 g/mol. The van der Waals surface area contributed by atoms with Gasteiger partial charge in [0, 0.05) is 10.0 Å². The lowest BCUT2D eigenvalue weighted by molar-refractivity contribution is 0.381. The fourth-order valence-electron chi connectivity index (χ4n) is 1.51. The first-order valence-corrected chi connectivity index (χ1v) is 6.89. The predicted molar refractivity (Wildman–Crippen MR) is 80.7 cm³/mol. The van der Waals surface area contributed by atoms with Gasteiger partial charge in [0.1, 0.15) is 11.5 Å². The van der Waals surface area contributed by atoms with Gasteiger partial charge in [-0.15, -0.1) is 0 Å². The second kappa shape index (κ2) is 6.55. The number of rotatable bonds is 4. The molecule has 0 bridgehead atoms. The van der Waals surface area contributed by atoms with Crippen LogP contribution in [0.2, 0.25) is 10.0 Å². The molecule has 0 fully saturated rings. The molecule has 110 valence electrons. The summed E-state index contributed by atoms with van der Waals surface area (Å²) in [5, 5.41) is 16.3. The van der Waals surface area contributed by atoms with Crippen LogP contribution >= 0.6 is 23.2 Å². The molecule has 0 saturated carbocycles. The first-order chi connectivity index (χ1) is 10.7. The molecular weight excluding hydrogens is 327 g/mol. The molecule has 0 amide bonds. The molecule has 0 aliphatic rings. The Balaban J connectivity index is 1.67. The Morgan fingerprint density at radius 1 is 0.545 bits per heavy atom. The third-order valence-corrected chi connectivity index (χ3v) is 2.99. The predicted octanol–water partition coefficient (Wildman–Crippen LogP) is 4.16. The summed E-state index contributed by atoms with van der Waals surface area (Å²) in [4.78, 5) is 0. The number of benzene rings is 2. The second-order valence-electron chi connectivity index (χ2n) is 4.08. The average Bonchev–Trinajstić information content (AvgIpc) is 2.54. The molecule has 0 aliphatic heterocycles. The fourth-order valence-corrected chi connectivity index (χ4v) is 1.76. The van der Waals surface area contributed by atoms with E-state index in [0.717, 1.165) is 0 Å². The summed E-state index contributed by atoms with van der Waals surface area (Å²) in [6.07, 6.45) is 0. The lowest BCUT2D eigenvalue weighted by Crippen LogP contribution is -2.00. The Morgan fingerprint density at radius 3 is 1.18 bits per heavy atom. The van der Waals surface area contributed by atoms with Gasteiger partial charge in [-0.1, -0.05) is 43.6 Å². The number of hydrogen-bond donors (Lipinski definition) is 0. The van der Waals surface area contributed by atoms with Crippen molar-refractivity contribution in [1.29, 1.82) is 0 Å². The van der Waals surface area contributed by atoms with Gasteiger partial charge in [0.15, 0.2) is 0 Å². The molecule has 1 heterocycles. The van der Waals surface area contributed by atoms with Gasteiger partial charge in [-0.2, -0.15) is 0 Å². The molecule has 0 atom stereocenters. The van der Waals surface area contributed by atoms with Gasteiger partial charge in [0.25, 0.3) is 0 Å². The number of ether oxygens (including phenoxy) is 2. The SMILES string of the molecule is Clc1ccc(Oc2nnc(Oc3ccc(Cl)cc3)nn2)cc1. The van der Waals surface area contributed by atoms with Crippen molar-refractivity contribution in [3.05, 3.63) is 58.6 Å². The van der Waals surface area contributed by atoms with Crippen molar-refractivity contribution in [2.24, 2.45) is 0 Å². The Morgan fingerprint density at radius 2 is 0.864 bits per heavy atom. The van der Waals surface area contributed by atoms with Crippen molar-refractivity contribution in [2.75, 3.05) is 0 Å². The van der Waals surface area contributed by atoms with Gasteiger partial charge in [-0.05, 0) is 48.5 Å². The lowest BCUT2D eigenvalue weighted by atomic mass is 10.3. The molecule has 3 aromatic rings. The van der Waals surface area contributed by atoms with Gasteiger partial charge < -0.3 is 9.47 Å². The van der Waals surface area contributed by atoms with Gasteiger partial charge >= 0.3 is 12.0 Å². The molecule has 3 rings (SSSR count). The van der Waals surface area contributed by atoms with Gasteiger partial charge in [0.05, 0.1) is 0 Å². The summed E-state index contributed by atoms with van der Waals surface area (Å²) < 4.78 is 10.8. The van der Waals surface area contributed by atoms with Crippen LogP contribution in [0.3, 0.4) is 0 Å².